The number of carbonyl (C=O) groups is 1. The van der Waals surface area contributed by atoms with Crippen molar-refractivity contribution in [2.75, 3.05) is 6.54 Å². The molecule has 1 N–H and O–H groups in total. The predicted octanol–water partition coefficient (Wildman–Crippen LogP) is 4.12. The first-order chi connectivity index (χ1) is 11.1. The topological polar surface area (TPSA) is 32.3 Å². The summed E-state index contributed by atoms with van der Waals surface area (Å²) in [7, 11) is 0. The van der Waals surface area contributed by atoms with E-state index >= 15 is 0 Å². The summed E-state index contributed by atoms with van der Waals surface area (Å²) in [4.78, 5) is 12.0. The van der Waals surface area contributed by atoms with E-state index in [1.807, 2.05) is 6.07 Å². The summed E-state index contributed by atoms with van der Waals surface area (Å²) in [5, 5.41) is 2.36. The van der Waals surface area contributed by atoms with Gasteiger partial charge in [-0.3, -0.25) is 10.2 Å². The minimum Gasteiger partial charge on any atom is -0.287 e. The lowest BCUT2D eigenvalue weighted by Crippen LogP contribution is -2.43. The van der Waals surface area contributed by atoms with Crippen molar-refractivity contribution < 1.29 is 18.0 Å². The largest absolute Gasteiger partial charge is 0.409 e. The van der Waals surface area contributed by atoms with Gasteiger partial charge < -0.3 is 0 Å². The zero-order valence-corrected chi connectivity index (χ0v) is 13.7. The van der Waals surface area contributed by atoms with Crippen molar-refractivity contribution in [2.24, 2.45) is 5.41 Å². The maximum absolute atomic E-state index is 13.9. The summed E-state index contributed by atoms with van der Waals surface area (Å²) < 4.78 is 41.7. The Morgan fingerprint density at radius 2 is 1.79 bits per heavy atom. The number of carbonyl (C=O) groups excluding carboxylic acids is 1. The van der Waals surface area contributed by atoms with E-state index in [2.05, 4.69) is 5.43 Å². The van der Waals surface area contributed by atoms with Crippen LogP contribution < -0.4 is 5.43 Å². The van der Waals surface area contributed by atoms with E-state index in [1.54, 1.807) is 45.0 Å². The standard InChI is InChI=1S/C18H19F3N2O/c1-11-6-4-7-12-8-5-9-13(14(11)12)15(18(19,20)21)23-10-17(2,3)16(24)22-23/h4-9,15H,10H2,1-3H3,(H,22,24)/t15-/m0/s1. The van der Waals surface area contributed by atoms with Crippen molar-refractivity contribution >= 4 is 16.7 Å². The fraction of sp³-hybridized carbons (Fsp3) is 0.389. The van der Waals surface area contributed by atoms with Gasteiger partial charge in [-0.15, -0.1) is 0 Å². The summed E-state index contributed by atoms with van der Waals surface area (Å²) in [6.45, 7) is 5.08. The highest BCUT2D eigenvalue weighted by Crippen LogP contribution is 2.43. The Labute approximate surface area is 138 Å². The summed E-state index contributed by atoms with van der Waals surface area (Å²) in [5.41, 5.74) is 2.49. The van der Waals surface area contributed by atoms with Crippen molar-refractivity contribution in [1.29, 1.82) is 0 Å². The monoisotopic (exact) mass is 336 g/mol. The lowest BCUT2D eigenvalue weighted by atomic mass is 9.92. The average molecular weight is 336 g/mol. The van der Waals surface area contributed by atoms with Gasteiger partial charge in [0, 0.05) is 6.54 Å². The first-order valence-corrected chi connectivity index (χ1v) is 7.74. The molecule has 0 aliphatic carbocycles. The molecule has 1 heterocycles. The van der Waals surface area contributed by atoms with Gasteiger partial charge in [0.1, 0.15) is 0 Å². The van der Waals surface area contributed by atoms with Crippen LogP contribution in [-0.2, 0) is 4.79 Å². The molecule has 24 heavy (non-hydrogen) atoms. The molecule has 3 nitrogen and oxygen atoms in total. The minimum absolute atomic E-state index is 0.00171. The number of hydrogen-bond donors (Lipinski definition) is 1. The third-order valence-corrected chi connectivity index (χ3v) is 4.49. The quantitative estimate of drug-likeness (QED) is 0.894. The number of hydrazine groups is 1. The van der Waals surface area contributed by atoms with Gasteiger partial charge in [0.25, 0.3) is 0 Å². The molecule has 1 saturated heterocycles. The molecule has 1 aliphatic rings. The lowest BCUT2D eigenvalue weighted by Gasteiger charge is -2.31. The number of rotatable bonds is 2. The molecule has 3 rings (SSSR count). The maximum atomic E-state index is 13.9. The molecule has 2 aromatic carbocycles. The summed E-state index contributed by atoms with van der Waals surface area (Å²) in [5.74, 6) is -0.395. The molecular weight excluding hydrogens is 317 g/mol. The lowest BCUT2D eigenvalue weighted by molar-refractivity contribution is -0.191. The average Bonchev–Trinajstić information content (AvgIpc) is 2.71. The Balaban J connectivity index is 2.18. The van der Waals surface area contributed by atoms with Crippen LogP contribution in [0.1, 0.15) is 31.0 Å². The number of benzene rings is 2. The van der Waals surface area contributed by atoms with Gasteiger partial charge in [0.15, 0.2) is 6.04 Å². The molecule has 0 saturated carbocycles. The van der Waals surface area contributed by atoms with Gasteiger partial charge in [0.05, 0.1) is 5.41 Å². The molecule has 0 spiro atoms. The molecule has 2 aromatic rings. The summed E-state index contributed by atoms with van der Waals surface area (Å²) >= 11 is 0. The smallest absolute Gasteiger partial charge is 0.287 e. The summed E-state index contributed by atoms with van der Waals surface area (Å²) in [6.07, 6.45) is -4.51. The molecular formula is C18H19F3N2O. The minimum atomic E-state index is -4.51. The molecule has 6 heteroatoms. The van der Waals surface area contributed by atoms with E-state index in [-0.39, 0.29) is 12.1 Å². The molecule has 0 bridgehead atoms. The van der Waals surface area contributed by atoms with E-state index in [9.17, 15) is 18.0 Å². The van der Waals surface area contributed by atoms with E-state index < -0.39 is 23.5 Å². The number of alkyl halides is 3. The van der Waals surface area contributed by atoms with Gasteiger partial charge >= 0.3 is 6.18 Å². The Bertz CT molecular complexity index is 793. The number of aryl methyl sites for hydroxylation is 1. The van der Waals surface area contributed by atoms with E-state index in [0.29, 0.717) is 5.39 Å². The second-order valence-electron chi connectivity index (χ2n) is 6.92. The first-order valence-electron chi connectivity index (χ1n) is 7.74. The Morgan fingerprint density at radius 1 is 1.17 bits per heavy atom. The zero-order chi connectivity index (χ0) is 17.7. The van der Waals surface area contributed by atoms with Crippen LogP contribution in [0.4, 0.5) is 13.2 Å². The molecule has 1 aliphatic heterocycles. The molecule has 1 atom stereocenters. The number of nitrogens with zero attached hydrogens (tertiary/aromatic N) is 1. The Morgan fingerprint density at radius 3 is 2.33 bits per heavy atom. The normalized spacial score (nSPS) is 19.5. The van der Waals surface area contributed by atoms with Crippen LogP contribution in [0.5, 0.6) is 0 Å². The highest BCUT2D eigenvalue weighted by atomic mass is 19.4. The molecule has 1 fully saturated rings. The van der Waals surface area contributed by atoms with E-state index in [0.717, 1.165) is 16.0 Å². The third-order valence-electron chi connectivity index (χ3n) is 4.49. The van der Waals surface area contributed by atoms with Crippen molar-refractivity contribution in [2.45, 2.75) is 33.0 Å². The van der Waals surface area contributed by atoms with Gasteiger partial charge in [-0.05, 0) is 42.7 Å². The molecule has 0 unspecified atom stereocenters. The highest BCUT2D eigenvalue weighted by molar-refractivity contribution is 5.89. The van der Waals surface area contributed by atoms with Gasteiger partial charge in [-0.1, -0.05) is 36.4 Å². The molecule has 0 aromatic heterocycles. The van der Waals surface area contributed by atoms with Crippen LogP contribution in [0.15, 0.2) is 36.4 Å². The van der Waals surface area contributed by atoms with Crippen LogP contribution in [0.2, 0.25) is 0 Å². The van der Waals surface area contributed by atoms with Crippen molar-refractivity contribution in [3.8, 4) is 0 Å². The summed E-state index contributed by atoms with van der Waals surface area (Å²) in [6, 6.07) is 8.45. The Hall–Kier alpha value is -2.08. The van der Waals surface area contributed by atoms with Crippen molar-refractivity contribution in [1.82, 2.24) is 10.4 Å². The fourth-order valence-electron chi connectivity index (χ4n) is 3.29. The maximum Gasteiger partial charge on any atom is 0.409 e. The number of fused-ring (bicyclic) bond motifs is 1. The predicted molar refractivity (Wildman–Crippen MR) is 86.1 cm³/mol. The number of amides is 1. The second kappa shape index (κ2) is 5.48. The van der Waals surface area contributed by atoms with Crippen LogP contribution in [-0.4, -0.2) is 23.6 Å². The van der Waals surface area contributed by atoms with Crippen LogP contribution in [0, 0.1) is 12.3 Å². The molecule has 128 valence electrons. The van der Waals surface area contributed by atoms with Crippen molar-refractivity contribution in [3.63, 3.8) is 0 Å². The zero-order valence-electron chi connectivity index (χ0n) is 13.7. The van der Waals surface area contributed by atoms with Crippen LogP contribution in [0.25, 0.3) is 10.8 Å². The van der Waals surface area contributed by atoms with Gasteiger partial charge in [-0.25, -0.2) is 5.01 Å². The fourth-order valence-corrected chi connectivity index (χ4v) is 3.29. The van der Waals surface area contributed by atoms with Crippen LogP contribution in [0.3, 0.4) is 0 Å². The van der Waals surface area contributed by atoms with Crippen molar-refractivity contribution in [3.05, 3.63) is 47.5 Å². The van der Waals surface area contributed by atoms with E-state index in [1.165, 1.54) is 6.07 Å². The molecule has 0 radical (unpaired) electrons. The second-order valence-corrected chi connectivity index (χ2v) is 6.92. The van der Waals surface area contributed by atoms with Crippen LogP contribution >= 0.6 is 0 Å². The number of halogens is 3. The SMILES string of the molecule is Cc1cccc2cccc([C@H](N3CC(C)(C)C(=O)N3)C(F)(F)F)c12. The molecule has 1 amide bonds. The van der Waals surface area contributed by atoms with Gasteiger partial charge in [0.2, 0.25) is 5.91 Å². The van der Waals surface area contributed by atoms with Gasteiger partial charge in [-0.2, -0.15) is 13.2 Å². The number of hydrogen-bond acceptors (Lipinski definition) is 2. The Kier molecular flexibility index (Phi) is 3.83. The highest BCUT2D eigenvalue weighted by Gasteiger charge is 2.51. The third kappa shape index (κ3) is 2.75. The van der Waals surface area contributed by atoms with E-state index in [4.69, 9.17) is 0 Å². The number of nitrogens with one attached hydrogen (secondary N) is 1. The first kappa shape index (κ1) is 16.8.